The van der Waals surface area contributed by atoms with Crippen molar-refractivity contribution >= 4 is 28.9 Å². The van der Waals surface area contributed by atoms with Gasteiger partial charge in [0.2, 0.25) is 5.91 Å². The first-order valence-corrected chi connectivity index (χ1v) is 5.42. The van der Waals surface area contributed by atoms with E-state index in [-0.39, 0.29) is 5.91 Å². The van der Waals surface area contributed by atoms with E-state index in [0.29, 0.717) is 29.4 Å². The number of hydrogen-bond acceptors (Lipinski definition) is 2. The molecule has 1 aliphatic heterocycles. The summed E-state index contributed by atoms with van der Waals surface area (Å²) >= 11 is 6.05. The maximum atomic E-state index is 11.7. The number of nitrogens with zero attached hydrogens (tertiary/aromatic N) is 1. The molecule has 0 saturated carbocycles. The third-order valence-corrected chi connectivity index (χ3v) is 2.92. The fraction of sp³-hybridized carbons (Fsp3) is 0.364. The number of nitrogen functional groups attached to an aromatic ring is 1. The summed E-state index contributed by atoms with van der Waals surface area (Å²) in [4.78, 5) is 13.4. The first-order valence-electron chi connectivity index (χ1n) is 5.04. The Morgan fingerprint density at radius 2 is 2.13 bits per heavy atom. The number of nitrogens with two attached hydrogens (primary N) is 1. The Balaban J connectivity index is 2.39. The van der Waals surface area contributed by atoms with Crippen LogP contribution in [0.25, 0.3) is 0 Å². The molecule has 0 spiro atoms. The van der Waals surface area contributed by atoms with Gasteiger partial charge in [-0.2, -0.15) is 0 Å². The van der Waals surface area contributed by atoms with Crippen molar-refractivity contribution in [3.63, 3.8) is 0 Å². The van der Waals surface area contributed by atoms with Crippen LogP contribution in [0.15, 0.2) is 18.2 Å². The summed E-state index contributed by atoms with van der Waals surface area (Å²) in [5, 5.41) is 0.547. The van der Waals surface area contributed by atoms with Crippen molar-refractivity contribution in [2.24, 2.45) is 0 Å². The lowest BCUT2D eigenvalue weighted by Gasteiger charge is -2.28. The zero-order valence-corrected chi connectivity index (χ0v) is 9.13. The number of carbonyl (C=O) groups excluding carboxylic acids is 1. The lowest BCUT2D eigenvalue weighted by molar-refractivity contribution is -0.119. The summed E-state index contributed by atoms with van der Waals surface area (Å²) in [7, 11) is 0. The molecule has 0 bridgehead atoms. The highest BCUT2D eigenvalue weighted by molar-refractivity contribution is 6.34. The van der Waals surface area contributed by atoms with E-state index >= 15 is 0 Å². The molecule has 1 aliphatic rings. The number of carbonyl (C=O) groups is 1. The van der Waals surface area contributed by atoms with E-state index in [1.54, 1.807) is 23.1 Å². The summed E-state index contributed by atoms with van der Waals surface area (Å²) in [5.41, 5.74) is 7.07. The molecule has 0 radical (unpaired) electrons. The first-order chi connectivity index (χ1) is 7.20. The van der Waals surface area contributed by atoms with Crippen LogP contribution in [-0.2, 0) is 4.79 Å². The fourth-order valence-electron chi connectivity index (χ4n) is 1.86. The molecular formula is C11H13ClN2O. The van der Waals surface area contributed by atoms with Crippen LogP contribution in [0.2, 0.25) is 5.02 Å². The molecule has 15 heavy (non-hydrogen) atoms. The molecule has 0 aromatic heterocycles. The zero-order valence-electron chi connectivity index (χ0n) is 8.37. The largest absolute Gasteiger partial charge is 0.397 e. The minimum Gasteiger partial charge on any atom is -0.397 e. The average molecular weight is 225 g/mol. The van der Waals surface area contributed by atoms with Crippen molar-refractivity contribution in [1.29, 1.82) is 0 Å². The van der Waals surface area contributed by atoms with Crippen LogP contribution < -0.4 is 10.6 Å². The Hall–Kier alpha value is -1.22. The molecule has 1 fully saturated rings. The summed E-state index contributed by atoms with van der Waals surface area (Å²) in [6.07, 6.45) is 2.56. The molecule has 1 heterocycles. The van der Waals surface area contributed by atoms with E-state index in [9.17, 15) is 4.79 Å². The second-order valence-electron chi connectivity index (χ2n) is 3.68. The molecule has 4 heteroatoms. The molecule has 0 aliphatic carbocycles. The van der Waals surface area contributed by atoms with Gasteiger partial charge in [0, 0.05) is 13.0 Å². The van der Waals surface area contributed by atoms with Gasteiger partial charge in [0.25, 0.3) is 0 Å². The number of piperidine rings is 1. The van der Waals surface area contributed by atoms with E-state index in [1.807, 2.05) is 0 Å². The van der Waals surface area contributed by atoms with Gasteiger partial charge < -0.3 is 10.6 Å². The number of halogens is 1. The number of amides is 1. The molecule has 80 valence electrons. The van der Waals surface area contributed by atoms with Gasteiger partial charge in [-0.1, -0.05) is 17.7 Å². The van der Waals surface area contributed by atoms with E-state index in [4.69, 9.17) is 17.3 Å². The Morgan fingerprint density at radius 3 is 2.80 bits per heavy atom. The number of para-hydroxylation sites is 1. The van der Waals surface area contributed by atoms with Crippen LogP contribution in [0.5, 0.6) is 0 Å². The van der Waals surface area contributed by atoms with Crippen LogP contribution in [-0.4, -0.2) is 12.5 Å². The van der Waals surface area contributed by atoms with Crippen molar-refractivity contribution in [3.05, 3.63) is 23.2 Å². The maximum absolute atomic E-state index is 11.7. The molecule has 1 aromatic rings. The van der Waals surface area contributed by atoms with Gasteiger partial charge in [-0.05, 0) is 25.0 Å². The van der Waals surface area contributed by atoms with Crippen LogP contribution in [0.1, 0.15) is 19.3 Å². The highest BCUT2D eigenvalue weighted by Gasteiger charge is 2.23. The van der Waals surface area contributed by atoms with Crippen molar-refractivity contribution < 1.29 is 4.79 Å². The minimum atomic E-state index is 0.112. The maximum Gasteiger partial charge on any atom is 0.227 e. The highest BCUT2D eigenvalue weighted by atomic mass is 35.5. The lowest BCUT2D eigenvalue weighted by atomic mass is 10.1. The van der Waals surface area contributed by atoms with Crippen LogP contribution in [0, 0.1) is 0 Å². The molecule has 1 aromatic carbocycles. The lowest BCUT2D eigenvalue weighted by Crippen LogP contribution is -2.35. The van der Waals surface area contributed by atoms with Gasteiger partial charge in [-0.15, -0.1) is 0 Å². The topological polar surface area (TPSA) is 46.3 Å². The van der Waals surface area contributed by atoms with Crippen molar-refractivity contribution in [1.82, 2.24) is 0 Å². The SMILES string of the molecule is Nc1cccc(Cl)c1N1CCCCC1=O. The number of benzene rings is 1. The molecule has 3 nitrogen and oxygen atoms in total. The summed E-state index contributed by atoms with van der Waals surface area (Å²) in [6.45, 7) is 0.715. The molecule has 2 rings (SSSR count). The second-order valence-corrected chi connectivity index (χ2v) is 4.09. The van der Waals surface area contributed by atoms with Crippen LogP contribution in [0.3, 0.4) is 0 Å². The third kappa shape index (κ3) is 1.92. The second kappa shape index (κ2) is 4.11. The van der Waals surface area contributed by atoms with Gasteiger partial charge in [-0.3, -0.25) is 4.79 Å². The average Bonchev–Trinajstić information content (AvgIpc) is 2.20. The predicted octanol–water partition coefficient (Wildman–Crippen LogP) is 2.44. The quantitative estimate of drug-likeness (QED) is 0.745. The van der Waals surface area contributed by atoms with Gasteiger partial charge in [-0.25, -0.2) is 0 Å². The summed E-state index contributed by atoms with van der Waals surface area (Å²) in [6, 6.07) is 5.31. The number of anilines is 2. The summed E-state index contributed by atoms with van der Waals surface area (Å²) < 4.78 is 0. The molecule has 0 unspecified atom stereocenters. The molecular weight excluding hydrogens is 212 g/mol. The Kier molecular flexibility index (Phi) is 2.82. The van der Waals surface area contributed by atoms with Gasteiger partial charge in [0.1, 0.15) is 0 Å². The Labute approximate surface area is 93.8 Å². The molecule has 0 atom stereocenters. The highest BCUT2D eigenvalue weighted by Crippen LogP contribution is 2.33. The summed E-state index contributed by atoms with van der Waals surface area (Å²) in [5.74, 6) is 0.112. The van der Waals surface area contributed by atoms with Gasteiger partial charge in [0.05, 0.1) is 16.4 Å². The standard InChI is InChI=1S/C11H13ClN2O/c12-8-4-3-5-9(13)11(8)14-7-2-1-6-10(14)15/h3-5H,1-2,6-7,13H2. The fourth-order valence-corrected chi connectivity index (χ4v) is 2.14. The van der Waals surface area contributed by atoms with Gasteiger partial charge in [0.15, 0.2) is 0 Å². The molecule has 2 N–H and O–H groups in total. The van der Waals surface area contributed by atoms with Crippen LogP contribution in [0.4, 0.5) is 11.4 Å². The van der Waals surface area contributed by atoms with E-state index in [2.05, 4.69) is 0 Å². The van der Waals surface area contributed by atoms with Gasteiger partial charge >= 0.3 is 0 Å². The van der Waals surface area contributed by atoms with Crippen molar-refractivity contribution in [2.45, 2.75) is 19.3 Å². The Bertz CT molecular complexity index is 372. The zero-order chi connectivity index (χ0) is 10.8. The van der Waals surface area contributed by atoms with Crippen molar-refractivity contribution in [3.8, 4) is 0 Å². The molecule has 1 saturated heterocycles. The monoisotopic (exact) mass is 224 g/mol. The smallest absolute Gasteiger partial charge is 0.227 e. The predicted molar refractivity (Wildman–Crippen MR) is 62.1 cm³/mol. The van der Waals surface area contributed by atoms with Crippen LogP contribution >= 0.6 is 11.6 Å². The minimum absolute atomic E-state index is 0.112. The van der Waals surface area contributed by atoms with Crippen molar-refractivity contribution in [2.75, 3.05) is 17.2 Å². The Morgan fingerprint density at radius 1 is 1.33 bits per heavy atom. The first kappa shape index (κ1) is 10.3. The number of rotatable bonds is 1. The van der Waals surface area contributed by atoms with E-state index in [0.717, 1.165) is 12.8 Å². The third-order valence-electron chi connectivity index (χ3n) is 2.61. The number of hydrogen-bond donors (Lipinski definition) is 1. The van der Waals surface area contributed by atoms with E-state index in [1.165, 1.54) is 0 Å². The molecule has 1 amide bonds. The normalized spacial score (nSPS) is 16.9. The van der Waals surface area contributed by atoms with E-state index < -0.39 is 0 Å².